The number of tetrazole rings is 1. The van der Waals surface area contributed by atoms with Crippen LogP contribution in [0.15, 0.2) is 18.2 Å². The summed E-state index contributed by atoms with van der Waals surface area (Å²) >= 11 is 0. The van der Waals surface area contributed by atoms with Gasteiger partial charge in [-0.15, -0.1) is 5.10 Å². The van der Waals surface area contributed by atoms with E-state index < -0.39 is 23.6 Å². The summed E-state index contributed by atoms with van der Waals surface area (Å²) in [5.74, 6) is -2.72. The van der Waals surface area contributed by atoms with Gasteiger partial charge in [-0.2, -0.15) is 0 Å². The molecule has 21 heavy (non-hydrogen) atoms. The summed E-state index contributed by atoms with van der Waals surface area (Å²) in [5.41, 5.74) is -0.353. The lowest BCUT2D eigenvalue weighted by Crippen LogP contribution is -2.17. The van der Waals surface area contributed by atoms with Crippen molar-refractivity contribution in [3.63, 3.8) is 0 Å². The molecule has 0 aliphatic rings. The Morgan fingerprint density at radius 2 is 2.05 bits per heavy atom. The number of carboxylic acid groups (broad SMARTS) is 1. The van der Waals surface area contributed by atoms with E-state index in [1.54, 1.807) is 0 Å². The molecular weight excluding hydrogens is 282 g/mol. The van der Waals surface area contributed by atoms with Gasteiger partial charge in [-0.1, -0.05) is 19.4 Å². The summed E-state index contributed by atoms with van der Waals surface area (Å²) < 4.78 is 28.9. The molecule has 8 heteroatoms. The molecule has 112 valence electrons. The maximum absolute atomic E-state index is 13.8. The minimum Gasteiger partial charge on any atom is -0.481 e. The fraction of sp³-hybridized carbons (Fsp3) is 0.385. The smallest absolute Gasteiger partial charge is 0.305 e. The Labute approximate surface area is 119 Å². The monoisotopic (exact) mass is 296 g/mol. The highest BCUT2D eigenvalue weighted by Crippen LogP contribution is 2.28. The number of carboxylic acids is 1. The van der Waals surface area contributed by atoms with Crippen LogP contribution in [0.4, 0.5) is 8.78 Å². The summed E-state index contributed by atoms with van der Waals surface area (Å²) in [6, 6.07) is 2.88. The van der Waals surface area contributed by atoms with E-state index >= 15 is 0 Å². The van der Waals surface area contributed by atoms with E-state index in [4.69, 9.17) is 5.11 Å². The molecule has 0 radical (unpaired) electrons. The summed E-state index contributed by atoms with van der Waals surface area (Å²) in [4.78, 5) is 10.9. The molecule has 0 saturated carbocycles. The molecule has 0 saturated heterocycles. The maximum atomic E-state index is 13.8. The largest absolute Gasteiger partial charge is 0.481 e. The lowest BCUT2D eigenvalue weighted by atomic mass is 10.1. The molecule has 0 spiro atoms. The number of hydrogen-bond acceptors (Lipinski definition) is 4. The summed E-state index contributed by atoms with van der Waals surface area (Å²) in [5, 5.41) is 19.7. The first-order chi connectivity index (χ1) is 10.0. The van der Waals surface area contributed by atoms with Crippen LogP contribution in [0.1, 0.15) is 32.2 Å². The Balaban J connectivity index is 2.48. The van der Waals surface area contributed by atoms with Gasteiger partial charge in [0, 0.05) is 0 Å². The van der Waals surface area contributed by atoms with Crippen molar-refractivity contribution in [2.75, 3.05) is 0 Å². The number of rotatable bonds is 6. The highest BCUT2D eigenvalue weighted by Gasteiger charge is 2.24. The Morgan fingerprint density at radius 3 is 2.62 bits per heavy atom. The van der Waals surface area contributed by atoms with Crippen LogP contribution >= 0.6 is 0 Å². The number of carbonyl (C=O) groups is 1. The summed E-state index contributed by atoms with van der Waals surface area (Å²) in [6.07, 6.45) is 0.958. The molecule has 1 aromatic heterocycles. The van der Waals surface area contributed by atoms with Gasteiger partial charge in [-0.25, -0.2) is 13.5 Å². The third-order valence-corrected chi connectivity index (χ3v) is 3.06. The molecule has 0 bridgehead atoms. The zero-order chi connectivity index (χ0) is 15.4. The van der Waals surface area contributed by atoms with Crippen LogP contribution in [-0.4, -0.2) is 31.3 Å². The van der Waals surface area contributed by atoms with Gasteiger partial charge in [0.1, 0.15) is 11.6 Å². The van der Waals surface area contributed by atoms with E-state index in [0.717, 1.165) is 12.1 Å². The zero-order valence-electron chi connectivity index (χ0n) is 11.3. The average molecular weight is 296 g/mol. The molecular formula is C13H14F2N4O2. The second-order valence-electron chi connectivity index (χ2n) is 4.58. The van der Waals surface area contributed by atoms with Gasteiger partial charge in [0.05, 0.1) is 18.0 Å². The third kappa shape index (κ3) is 3.21. The van der Waals surface area contributed by atoms with E-state index in [2.05, 4.69) is 15.5 Å². The topological polar surface area (TPSA) is 80.9 Å². The summed E-state index contributed by atoms with van der Waals surface area (Å²) in [7, 11) is 0. The van der Waals surface area contributed by atoms with Crippen molar-refractivity contribution in [1.82, 2.24) is 20.2 Å². The van der Waals surface area contributed by atoms with E-state index in [1.165, 1.54) is 10.7 Å². The normalized spacial score (nSPS) is 12.3. The van der Waals surface area contributed by atoms with Crippen molar-refractivity contribution >= 4 is 5.97 Å². The van der Waals surface area contributed by atoms with Gasteiger partial charge in [0.15, 0.2) is 5.82 Å². The second-order valence-corrected chi connectivity index (χ2v) is 4.58. The first-order valence-corrected chi connectivity index (χ1v) is 6.48. The van der Waals surface area contributed by atoms with Crippen molar-refractivity contribution in [3.8, 4) is 11.4 Å². The lowest BCUT2D eigenvalue weighted by Gasteiger charge is -2.16. The van der Waals surface area contributed by atoms with Gasteiger partial charge < -0.3 is 5.11 Å². The van der Waals surface area contributed by atoms with Crippen molar-refractivity contribution < 1.29 is 18.7 Å². The molecule has 1 heterocycles. The van der Waals surface area contributed by atoms with E-state index in [9.17, 15) is 13.6 Å². The number of aromatic nitrogens is 4. The first-order valence-electron chi connectivity index (χ1n) is 6.48. The van der Waals surface area contributed by atoms with Crippen LogP contribution in [0.25, 0.3) is 11.4 Å². The fourth-order valence-electron chi connectivity index (χ4n) is 2.16. The molecule has 6 nitrogen and oxygen atoms in total. The van der Waals surface area contributed by atoms with Crippen molar-refractivity contribution in [2.45, 2.75) is 32.2 Å². The van der Waals surface area contributed by atoms with E-state index in [0.29, 0.717) is 12.8 Å². The Hall–Kier alpha value is -2.38. The molecule has 0 aliphatic heterocycles. The molecule has 0 fully saturated rings. The number of aliphatic carboxylic acids is 1. The zero-order valence-corrected chi connectivity index (χ0v) is 11.3. The molecule has 2 rings (SSSR count). The molecule has 0 aliphatic carbocycles. The predicted octanol–water partition coefficient (Wildman–Crippen LogP) is 2.43. The minimum atomic E-state index is -1.02. The Morgan fingerprint density at radius 1 is 1.38 bits per heavy atom. The van der Waals surface area contributed by atoms with Crippen molar-refractivity contribution in [1.29, 1.82) is 0 Å². The molecule has 1 N–H and O–H groups in total. The van der Waals surface area contributed by atoms with Gasteiger partial charge in [0.25, 0.3) is 0 Å². The lowest BCUT2D eigenvalue weighted by molar-refractivity contribution is -0.138. The van der Waals surface area contributed by atoms with E-state index in [-0.39, 0.29) is 17.8 Å². The molecule has 0 amide bonds. The number of halogens is 2. The van der Waals surface area contributed by atoms with Crippen LogP contribution in [0.5, 0.6) is 0 Å². The van der Waals surface area contributed by atoms with Crippen LogP contribution in [-0.2, 0) is 4.79 Å². The third-order valence-electron chi connectivity index (χ3n) is 3.06. The molecule has 1 atom stereocenters. The molecule has 1 aromatic carbocycles. The van der Waals surface area contributed by atoms with Gasteiger partial charge in [-0.3, -0.25) is 4.79 Å². The second kappa shape index (κ2) is 6.38. The molecule has 1 unspecified atom stereocenters. The Kier molecular flexibility index (Phi) is 4.56. The SMILES string of the molecule is CCCC(CC(=O)O)n1nnnc1-c1c(F)cccc1F. The first kappa shape index (κ1) is 15.0. The van der Waals surface area contributed by atoms with Gasteiger partial charge >= 0.3 is 5.97 Å². The number of benzene rings is 1. The number of hydrogen-bond donors (Lipinski definition) is 1. The van der Waals surface area contributed by atoms with Gasteiger partial charge in [-0.05, 0) is 29.0 Å². The highest BCUT2D eigenvalue weighted by molar-refractivity contribution is 5.67. The standard InChI is InChI=1S/C13H14F2N4O2/c1-2-4-8(7-11(20)21)19-13(16-17-18-19)12-9(14)5-3-6-10(12)15/h3,5-6,8H,2,4,7H2,1H3,(H,20,21). The van der Waals surface area contributed by atoms with Crippen LogP contribution in [0.3, 0.4) is 0 Å². The maximum Gasteiger partial charge on any atom is 0.305 e. The fourth-order valence-corrected chi connectivity index (χ4v) is 2.16. The van der Waals surface area contributed by atoms with Crippen LogP contribution in [0, 0.1) is 11.6 Å². The molecule has 2 aromatic rings. The van der Waals surface area contributed by atoms with E-state index in [1.807, 2.05) is 6.92 Å². The number of nitrogens with zero attached hydrogens (tertiary/aromatic N) is 4. The van der Waals surface area contributed by atoms with Crippen LogP contribution in [0.2, 0.25) is 0 Å². The van der Waals surface area contributed by atoms with Crippen molar-refractivity contribution in [3.05, 3.63) is 29.8 Å². The van der Waals surface area contributed by atoms with Gasteiger partial charge in [0.2, 0.25) is 0 Å². The Bertz CT molecular complexity index is 625. The predicted molar refractivity (Wildman–Crippen MR) is 69.4 cm³/mol. The van der Waals surface area contributed by atoms with Crippen molar-refractivity contribution in [2.24, 2.45) is 0 Å². The summed E-state index contributed by atoms with van der Waals surface area (Å²) in [6.45, 7) is 1.88. The van der Waals surface area contributed by atoms with Crippen LogP contribution < -0.4 is 0 Å². The minimum absolute atomic E-state index is 0.106. The highest BCUT2D eigenvalue weighted by atomic mass is 19.1. The quantitative estimate of drug-likeness (QED) is 0.885. The average Bonchev–Trinajstić information content (AvgIpc) is 2.86.